The van der Waals surface area contributed by atoms with Crippen molar-refractivity contribution in [1.29, 1.82) is 0 Å². The normalized spacial score (nSPS) is 15.4. The van der Waals surface area contributed by atoms with Crippen molar-refractivity contribution in [3.8, 4) is 11.4 Å². The number of imidazole rings is 1. The molecule has 166 valence electrons. The first-order valence-corrected chi connectivity index (χ1v) is 10.2. The predicted octanol–water partition coefficient (Wildman–Crippen LogP) is 5.28. The Morgan fingerprint density at radius 1 is 1.13 bits per heavy atom. The SMILES string of the molecule is COC1(c2cc(F)cc(OCc3ccc(-n4ccnc4C)cc3C)c2)CCOCC1.Cl. The first-order chi connectivity index (χ1) is 14.5. The molecule has 1 aliphatic heterocycles. The van der Waals surface area contributed by atoms with Crippen LogP contribution in [0.15, 0.2) is 48.8 Å². The Morgan fingerprint density at radius 3 is 2.55 bits per heavy atom. The van der Waals surface area contributed by atoms with E-state index >= 15 is 0 Å². The maximum Gasteiger partial charge on any atom is 0.127 e. The Bertz CT molecular complexity index is 1030. The average Bonchev–Trinajstić information content (AvgIpc) is 3.19. The molecule has 31 heavy (non-hydrogen) atoms. The van der Waals surface area contributed by atoms with E-state index in [1.807, 2.05) is 42.8 Å². The molecule has 0 aliphatic carbocycles. The van der Waals surface area contributed by atoms with E-state index in [-0.39, 0.29) is 18.2 Å². The quantitative estimate of drug-likeness (QED) is 0.516. The van der Waals surface area contributed by atoms with Crippen LogP contribution in [0.5, 0.6) is 5.75 Å². The highest BCUT2D eigenvalue weighted by atomic mass is 35.5. The first-order valence-electron chi connectivity index (χ1n) is 10.2. The van der Waals surface area contributed by atoms with Crippen molar-refractivity contribution < 1.29 is 18.6 Å². The summed E-state index contributed by atoms with van der Waals surface area (Å²) >= 11 is 0. The summed E-state index contributed by atoms with van der Waals surface area (Å²) in [5, 5.41) is 0. The smallest absolute Gasteiger partial charge is 0.127 e. The summed E-state index contributed by atoms with van der Waals surface area (Å²) in [4.78, 5) is 4.27. The molecule has 2 heterocycles. The monoisotopic (exact) mass is 446 g/mol. The Labute approximate surface area is 188 Å². The standard InChI is InChI=1S/C24H27FN2O3.ClH/c1-17-12-22(27-9-8-26-18(27)2)5-4-19(17)16-30-23-14-20(13-21(25)15-23)24(28-3)6-10-29-11-7-24;/h4-5,8-9,12-15H,6-7,10-11,16H2,1-3H3;1H. The van der Waals surface area contributed by atoms with Gasteiger partial charge in [0.1, 0.15) is 24.0 Å². The lowest BCUT2D eigenvalue weighted by molar-refractivity contribution is -0.0950. The first kappa shape index (κ1) is 23.3. The third kappa shape index (κ3) is 4.92. The molecule has 2 aromatic carbocycles. The third-order valence-electron chi connectivity index (χ3n) is 5.91. The topological polar surface area (TPSA) is 45.5 Å². The summed E-state index contributed by atoms with van der Waals surface area (Å²) in [5.74, 6) is 1.11. The zero-order valence-electron chi connectivity index (χ0n) is 18.1. The predicted molar refractivity (Wildman–Crippen MR) is 120 cm³/mol. The van der Waals surface area contributed by atoms with Crippen molar-refractivity contribution >= 4 is 12.4 Å². The fraction of sp³-hybridized carbons (Fsp3) is 0.375. The number of hydrogen-bond acceptors (Lipinski definition) is 4. The molecule has 0 saturated carbocycles. The lowest BCUT2D eigenvalue weighted by Gasteiger charge is -2.36. The second-order valence-corrected chi connectivity index (χ2v) is 7.73. The van der Waals surface area contributed by atoms with Gasteiger partial charge in [0, 0.05) is 57.3 Å². The van der Waals surface area contributed by atoms with E-state index in [1.54, 1.807) is 13.3 Å². The molecule has 0 atom stereocenters. The highest BCUT2D eigenvalue weighted by Gasteiger charge is 2.35. The average molecular weight is 447 g/mol. The lowest BCUT2D eigenvalue weighted by Crippen LogP contribution is -2.35. The molecule has 0 radical (unpaired) electrons. The van der Waals surface area contributed by atoms with Crippen LogP contribution in [0.4, 0.5) is 4.39 Å². The van der Waals surface area contributed by atoms with Gasteiger partial charge in [-0.15, -0.1) is 12.4 Å². The zero-order chi connectivity index (χ0) is 21.1. The molecule has 1 fully saturated rings. The number of ether oxygens (including phenoxy) is 3. The van der Waals surface area contributed by atoms with Gasteiger partial charge in [-0.1, -0.05) is 6.07 Å². The molecular formula is C24H28ClFN2O3. The second-order valence-electron chi connectivity index (χ2n) is 7.73. The van der Waals surface area contributed by atoms with E-state index in [1.165, 1.54) is 12.1 Å². The van der Waals surface area contributed by atoms with E-state index < -0.39 is 5.60 Å². The van der Waals surface area contributed by atoms with Gasteiger partial charge in [0.15, 0.2) is 0 Å². The Hall–Kier alpha value is -2.41. The van der Waals surface area contributed by atoms with Crippen molar-refractivity contribution in [3.05, 3.63) is 77.1 Å². The molecule has 3 aromatic rings. The molecule has 4 rings (SSSR count). The second kappa shape index (κ2) is 9.81. The van der Waals surface area contributed by atoms with Crippen molar-refractivity contribution in [2.24, 2.45) is 0 Å². The van der Waals surface area contributed by atoms with Crippen LogP contribution in [-0.2, 0) is 21.7 Å². The Morgan fingerprint density at radius 2 is 1.90 bits per heavy atom. The van der Waals surface area contributed by atoms with Gasteiger partial charge in [-0.3, -0.25) is 0 Å². The molecule has 7 heteroatoms. The molecule has 0 unspecified atom stereocenters. The number of benzene rings is 2. The van der Waals surface area contributed by atoms with Gasteiger partial charge in [-0.2, -0.15) is 0 Å². The maximum atomic E-state index is 14.4. The van der Waals surface area contributed by atoms with E-state index in [2.05, 4.69) is 11.1 Å². The van der Waals surface area contributed by atoms with Gasteiger partial charge in [0.25, 0.3) is 0 Å². The van der Waals surface area contributed by atoms with Gasteiger partial charge in [0.2, 0.25) is 0 Å². The van der Waals surface area contributed by atoms with E-state index in [9.17, 15) is 4.39 Å². The van der Waals surface area contributed by atoms with Gasteiger partial charge >= 0.3 is 0 Å². The maximum absolute atomic E-state index is 14.4. The highest BCUT2D eigenvalue weighted by Crippen LogP contribution is 2.37. The van der Waals surface area contributed by atoms with Crippen LogP contribution >= 0.6 is 12.4 Å². The van der Waals surface area contributed by atoms with Crippen LogP contribution in [0.3, 0.4) is 0 Å². The summed E-state index contributed by atoms with van der Waals surface area (Å²) in [5.41, 5.74) is 3.48. The minimum Gasteiger partial charge on any atom is -0.489 e. The number of aryl methyl sites for hydroxylation is 2. The highest BCUT2D eigenvalue weighted by molar-refractivity contribution is 5.85. The molecule has 0 bridgehead atoms. The van der Waals surface area contributed by atoms with Crippen LogP contribution in [0.1, 0.15) is 35.4 Å². The molecule has 1 aliphatic rings. The molecule has 5 nitrogen and oxygen atoms in total. The van der Waals surface area contributed by atoms with Crippen LogP contribution < -0.4 is 4.74 Å². The third-order valence-corrected chi connectivity index (χ3v) is 5.91. The minimum atomic E-state index is -0.529. The van der Waals surface area contributed by atoms with Crippen LogP contribution in [-0.4, -0.2) is 29.9 Å². The van der Waals surface area contributed by atoms with Gasteiger partial charge in [-0.25, -0.2) is 9.37 Å². The van der Waals surface area contributed by atoms with Crippen LogP contribution in [0.25, 0.3) is 5.69 Å². The lowest BCUT2D eigenvalue weighted by atomic mass is 9.86. The number of hydrogen-bond donors (Lipinski definition) is 0. The van der Waals surface area contributed by atoms with E-state index in [0.717, 1.165) is 28.2 Å². The molecule has 1 saturated heterocycles. The van der Waals surface area contributed by atoms with Crippen molar-refractivity contribution in [3.63, 3.8) is 0 Å². The van der Waals surface area contributed by atoms with Crippen molar-refractivity contribution in [1.82, 2.24) is 9.55 Å². The van der Waals surface area contributed by atoms with E-state index in [4.69, 9.17) is 14.2 Å². The number of rotatable bonds is 6. The molecule has 1 aromatic heterocycles. The molecule has 0 N–H and O–H groups in total. The minimum absolute atomic E-state index is 0. The summed E-state index contributed by atoms with van der Waals surface area (Å²) in [6.45, 7) is 5.58. The number of aromatic nitrogens is 2. The fourth-order valence-electron chi connectivity index (χ4n) is 4.02. The van der Waals surface area contributed by atoms with Crippen molar-refractivity contribution in [2.45, 2.75) is 38.9 Å². The van der Waals surface area contributed by atoms with Gasteiger partial charge in [-0.05, 0) is 54.8 Å². The molecule has 0 spiro atoms. The summed E-state index contributed by atoms with van der Waals surface area (Å²) in [7, 11) is 1.67. The number of halogens is 2. The largest absolute Gasteiger partial charge is 0.489 e. The Balaban J connectivity index is 0.00000272. The summed E-state index contributed by atoms with van der Waals surface area (Å²) in [6, 6.07) is 11.0. The summed E-state index contributed by atoms with van der Waals surface area (Å²) < 4.78 is 33.7. The van der Waals surface area contributed by atoms with Crippen LogP contribution in [0.2, 0.25) is 0 Å². The van der Waals surface area contributed by atoms with Crippen molar-refractivity contribution in [2.75, 3.05) is 20.3 Å². The molecule has 0 amide bonds. The van der Waals surface area contributed by atoms with Gasteiger partial charge < -0.3 is 18.8 Å². The van der Waals surface area contributed by atoms with Crippen LogP contribution in [0, 0.1) is 19.7 Å². The number of nitrogens with zero attached hydrogens (tertiary/aromatic N) is 2. The number of methoxy groups -OCH3 is 1. The molecular weight excluding hydrogens is 419 g/mol. The fourth-order valence-corrected chi connectivity index (χ4v) is 4.02. The van der Waals surface area contributed by atoms with E-state index in [0.29, 0.717) is 38.4 Å². The summed E-state index contributed by atoms with van der Waals surface area (Å²) in [6.07, 6.45) is 5.12. The Kier molecular flexibility index (Phi) is 7.36. The van der Waals surface area contributed by atoms with Gasteiger partial charge in [0.05, 0.1) is 5.60 Å². The zero-order valence-corrected chi connectivity index (χ0v) is 18.9.